The first kappa shape index (κ1) is 21.2. The van der Waals surface area contributed by atoms with Crippen LogP contribution in [0.15, 0.2) is 53.5 Å². The lowest BCUT2D eigenvalue weighted by molar-refractivity contribution is -0.274. The van der Waals surface area contributed by atoms with Crippen LogP contribution in [0.2, 0.25) is 0 Å². The molecular formula is C17H16F5N3O3. The van der Waals surface area contributed by atoms with E-state index >= 15 is 0 Å². The number of anilines is 1. The van der Waals surface area contributed by atoms with Gasteiger partial charge in [0.05, 0.1) is 12.6 Å². The third kappa shape index (κ3) is 7.27. The molecule has 0 bridgehead atoms. The lowest BCUT2D eigenvalue weighted by Gasteiger charge is -2.12. The maximum atomic E-state index is 12.2. The van der Waals surface area contributed by atoms with Crippen LogP contribution in [0.25, 0.3) is 0 Å². The average Bonchev–Trinajstić information content (AvgIpc) is 2.60. The summed E-state index contributed by atoms with van der Waals surface area (Å²) in [5.74, 6) is -0.610. The fraction of sp³-hybridized carbons (Fsp3) is 0.235. The minimum absolute atomic E-state index is 0.108. The minimum Gasteiger partial charge on any atom is -0.435 e. The van der Waals surface area contributed by atoms with E-state index in [9.17, 15) is 27.1 Å². The lowest BCUT2D eigenvalue weighted by Crippen LogP contribution is -2.23. The van der Waals surface area contributed by atoms with Crippen molar-refractivity contribution in [1.82, 2.24) is 0 Å². The van der Waals surface area contributed by atoms with E-state index in [1.807, 2.05) is 0 Å². The number of hydrogen-bond acceptors (Lipinski definition) is 4. The van der Waals surface area contributed by atoms with Gasteiger partial charge in [-0.05, 0) is 42.0 Å². The number of aliphatic hydroxyl groups excluding tert-OH is 1. The highest BCUT2D eigenvalue weighted by atomic mass is 19.4. The lowest BCUT2D eigenvalue weighted by atomic mass is 10.1. The van der Waals surface area contributed by atoms with Crippen molar-refractivity contribution in [1.29, 1.82) is 0 Å². The van der Waals surface area contributed by atoms with Crippen molar-refractivity contribution in [3.8, 4) is 11.5 Å². The molecule has 0 heterocycles. The predicted molar refractivity (Wildman–Crippen MR) is 91.3 cm³/mol. The molecule has 0 aliphatic heterocycles. The summed E-state index contributed by atoms with van der Waals surface area (Å²) in [7, 11) is 0. The van der Waals surface area contributed by atoms with Crippen LogP contribution in [-0.4, -0.2) is 30.6 Å². The Labute approximate surface area is 156 Å². The number of aliphatic imine (C=N–C) groups is 1. The molecule has 1 unspecified atom stereocenters. The number of aliphatic hydroxyl groups is 1. The first-order valence-electron chi connectivity index (χ1n) is 7.78. The fourth-order valence-corrected chi connectivity index (χ4v) is 2.12. The second kappa shape index (κ2) is 9.22. The number of benzene rings is 2. The van der Waals surface area contributed by atoms with E-state index in [4.69, 9.17) is 5.73 Å². The number of nitrogens with zero attached hydrogens (tertiary/aromatic N) is 1. The zero-order valence-electron chi connectivity index (χ0n) is 14.2. The molecule has 152 valence electrons. The van der Waals surface area contributed by atoms with Crippen molar-refractivity contribution in [3.63, 3.8) is 0 Å². The summed E-state index contributed by atoms with van der Waals surface area (Å²) >= 11 is 0. The monoisotopic (exact) mass is 405 g/mol. The van der Waals surface area contributed by atoms with Gasteiger partial charge >= 0.3 is 13.0 Å². The van der Waals surface area contributed by atoms with Crippen molar-refractivity contribution >= 4 is 11.6 Å². The molecule has 4 N–H and O–H groups in total. The Balaban J connectivity index is 1.93. The molecule has 6 nitrogen and oxygen atoms in total. The number of ether oxygens (including phenoxy) is 2. The van der Waals surface area contributed by atoms with E-state index in [0.717, 1.165) is 12.1 Å². The SMILES string of the molecule is NC(=NCC(O)c1cccc(OC(F)F)c1)Nc1ccc(OC(F)(F)F)cc1. The van der Waals surface area contributed by atoms with Crippen LogP contribution in [0.5, 0.6) is 11.5 Å². The molecule has 0 aliphatic carbocycles. The Morgan fingerprint density at radius 2 is 1.79 bits per heavy atom. The smallest absolute Gasteiger partial charge is 0.435 e. The standard InChI is InChI=1S/C17H16F5N3O3/c18-15(19)27-13-3-1-2-10(8-13)14(26)9-24-16(23)25-11-4-6-12(7-5-11)28-17(20,21)22/h1-8,14-15,26H,9H2,(H3,23,24,25). The highest BCUT2D eigenvalue weighted by molar-refractivity contribution is 5.92. The minimum atomic E-state index is -4.79. The number of nitrogens with one attached hydrogen (secondary N) is 1. The van der Waals surface area contributed by atoms with Gasteiger partial charge in [-0.3, -0.25) is 4.99 Å². The van der Waals surface area contributed by atoms with Crippen molar-refractivity contribution < 1.29 is 36.5 Å². The summed E-state index contributed by atoms with van der Waals surface area (Å²) in [5.41, 5.74) is 6.30. The average molecular weight is 405 g/mol. The molecule has 28 heavy (non-hydrogen) atoms. The summed E-state index contributed by atoms with van der Waals surface area (Å²) in [6.45, 7) is -3.18. The molecule has 0 amide bonds. The van der Waals surface area contributed by atoms with Gasteiger partial charge in [-0.25, -0.2) is 0 Å². The quantitative estimate of drug-likeness (QED) is 0.372. The van der Waals surface area contributed by atoms with Crippen molar-refractivity contribution in [2.24, 2.45) is 10.7 Å². The van der Waals surface area contributed by atoms with Gasteiger partial charge in [0.2, 0.25) is 0 Å². The van der Waals surface area contributed by atoms with Crippen LogP contribution in [0.1, 0.15) is 11.7 Å². The van der Waals surface area contributed by atoms with Gasteiger partial charge in [0.15, 0.2) is 5.96 Å². The van der Waals surface area contributed by atoms with Gasteiger partial charge < -0.3 is 25.6 Å². The van der Waals surface area contributed by atoms with Crippen molar-refractivity contribution in [2.75, 3.05) is 11.9 Å². The molecule has 0 spiro atoms. The van der Waals surface area contributed by atoms with Crippen molar-refractivity contribution in [2.45, 2.75) is 19.1 Å². The predicted octanol–water partition coefficient (Wildman–Crippen LogP) is 3.65. The molecular weight excluding hydrogens is 389 g/mol. The van der Waals surface area contributed by atoms with E-state index in [1.165, 1.54) is 36.4 Å². The van der Waals surface area contributed by atoms with E-state index in [2.05, 4.69) is 19.8 Å². The molecule has 2 rings (SSSR count). The molecule has 0 aromatic heterocycles. The Morgan fingerprint density at radius 1 is 1.11 bits per heavy atom. The molecule has 0 saturated heterocycles. The van der Waals surface area contributed by atoms with Crippen LogP contribution >= 0.6 is 0 Å². The number of hydrogen-bond donors (Lipinski definition) is 3. The number of nitrogens with two attached hydrogens (primary N) is 1. The molecule has 2 aromatic rings. The van der Waals surface area contributed by atoms with E-state index in [-0.39, 0.29) is 18.3 Å². The first-order valence-corrected chi connectivity index (χ1v) is 7.78. The zero-order valence-corrected chi connectivity index (χ0v) is 14.2. The Bertz CT molecular complexity index is 797. The molecule has 2 aromatic carbocycles. The molecule has 0 aliphatic rings. The van der Waals surface area contributed by atoms with E-state index < -0.39 is 24.8 Å². The maximum absolute atomic E-state index is 12.2. The van der Waals surface area contributed by atoms with Crippen LogP contribution < -0.4 is 20.5 Å². The van der Waals surface area contributed by atoms with Crippen LogP contribution in [0.4, 0.5) is 27.6 Å². The Morgan fingerprint density at radius 3 is 2.39 bits per heavy atom. The van der Waals surface area contributed by atoms with Crippen molar-refractivity contribution in [3.05, 3.63) is 54.1 Å². The molecule has 0 saturated carbocycles. The summed E-state index contributed by atoms with van der Waals surface area (Å²) < 4.78 is 68.8. The Hall–Kier alpha value is -3.08. The summed E-state index contributed by atoms with van der Waals surface area (Å²) in [4.78, 5) is 3.90. The number of rotatable bonds is 7. The van der Waals surface area contributed by atoms with Gasteiger partial charge in [0.1, 0.15) is 11.5 Å². The molecule has 11 heteroatoms. The number of halogens is 5. The van der Waals surface area contributed by atoms with Gasteiger partial charge in [0.25, 0.3) is 0 Å². The fourth-order valence-electron chi connectivity index (χ4n) is 2.12. The Kier molecular flexibility index (Phi) is 6.99. The van der Waals surface area contributed by atoms with Gasteiger partial charge in [0, 0.05) is 5.69 Å². The summed E-state index contributed by atoms with van der Waals surface area (Å²) in [5, 5.41) is 12.7. The third-order valence-electron chi connectivity index (χ3n) is 3.26. The summed E-state index contributed by atoms with van der Waals surface area (Å²) in [6, 6.07) is 10.3. The van der Waals surface area contributed by atoms with Crippen LogP contribution in [-0.2, 0) is 0 Å². The second-order valence-corrected chi connectivity index (χ2v) is 5.39. The zero-order chi connectivity index (χ0) is 20.7. The van der Waals surface area contributed by atoms with Gasteiger partial charge in [-0.15, -0.1) is 13.2 Å². The van der Waals surface area contributed by atoms with Crippen LogP contribution in [0, 0.1) is 0 Å². The first-order chi connectivity index (χ1) is 13.1. The third-order valence-corrected chi connectivity index (χ3v) is 3.26. The highest BCUT2D eigenvalue weighted by Gasteiger charge is 2.30. The number of alkyl halides is 5. The second-order valence-electron chi connectivity index (χ2n) is 5.39. The molecule has 0 radical (unpaired) electrons. The molecule has 1 atom stereocenters. The van der Waals surface area contributed by atoms with Gasteiger partial charge in [-0.2, -0.15) is 8.78 Å². The van der Waals surface area contributed by atoms with Gasteiger partial charge in [-0.1, -0.05) is 12.1 Å². The van der Waals surface area contributed by atoms with Crippen LogP contribution in [0.3, 0.4) is 0 Å². The van der Waals surface area contributed by atoms with E-state index in [0.29, 0.717) is 11.3 Å². The highest BCUT2D eigenvalue weighted by Crippen LogP contribution is 2.24. The summed E-state index contributed by atoms with van der Waals surface area (Å²) in [6.07, 6.45) is -5.92. The maximum Gasteiger partial charge on any atom is 0.573 e. The number of guanidine groups is 1. The topological polar surface area (TPSA) is 89.1 Å². The largest absolute Gasteiger partial charge is 0.573 e. The van der Waals surface area contributed by atoms with E-state index in [1.54, 1.807) is 0 Å². The molecule has 0 fully saturated rings. The normalized spacial score (nSPS) is 13.3.